The molecule has 3 rings (SSSR count). The Bertz CT molecular complexity index is 893. The van der Waals surface area contributed by atoms with Gasteiger partial charge in [-0.2, -0.15) is 0 Å². The first-order valence-electron chi connectivity index (χ1n) is 8.75. The average Bonchev–Trinajstić information content (AvgIpc) is 3.03. The monoisotopic (exact) mass is 340 g/mol. The quantitative estimate of drug-likeness (QED) is 0.848. The minimum absolute atomic E-state index is 0.356. The summed E-state index contributed by atoms with van der Waals surface area (Å²) in [6, 6.07) is 5.89. The molecule has 1 N–H and O–H groups in total. The number of aromatic amines is 1. The lowest BCUT2D eigenvalue weighted by atomic mass is 10.1. The Morgan fingerprint density at radius 2 is 1.76 bits per heavy atom. The minimum atomic E-state index is -0.409. The predicted octanol–water partition coefficient (Wildman–Crippen LogP) is 3.47. The van der Waals surface area contributed by atoms with Gasteiger partial charge in [-0.1, -0.05) is 25.1 Å². The molecule has 5 heteroatoms. The smallest absolute Gasteiger partial charge is 0.331 e. The maximum Gasteiger partial charge on any atom is 0.331 e. The number of rotatable bonds is 5. The van der Waals surface area contributed by atoms with Crippen LogP contribution in [0.4, 0.5) is 0 Å². The van der Waals surface area contributed by atoms with E-state index in [0.29, 0.717) is 36.1 Å². The molecular weight excluding hydrogens is 316 g/mol. The Labute approximate surface area is 147 Å². The van der Waals surface area contributed by atoms with Gasteiger partial charge in [0.05, 0.1) is 5.56 Å². The summed E-state index contributed by atoms with van der Waals surface area (Å²) >= 11 is 0. The van der Waals surface area contributed by atoms with Crippen LogP contribution in [0.2, 0.25) is 0 Å². The Morgan fingerprint density at radius 1 is 1.12 bits per heavy atom. The number of aromatic nitrogens is 2. The molecule has 0 spiro atoms. The van der Waals surface area contributed by atoms with E-state index in [1.54, 1.807) is 4.57 Å². The van der Waals surface area contributed by atoms with Crippen molar-refractivity contribution in [3.05, 3.63) is 67.9 Å². The zero-order valence-electron chi connectivity index (χ0n) is 15.0. The fourth-order valence-electron chi connectivity index (χ4n) is 3.37. The van der Waals surface area contributed by atoms with E-state index in [-0.39, 0.29) is 5.56 Å². The number of hydrogen-bond acceptors (Lipinski definition) is 3. The summed E-state index contributed by atoms with van der Waals surface area (Å²) in [5.74, 6) is 1.37. The summed E-state index contributed by atoms with van der Waals surface area (Å²) in [5, 5.41) is 0. The number of benzene rings is 1. The van der Waals surface area contributed by atoms with Gasteiger partial charge < -0.3 is 4.74 Å². The molecule has 132 valence electrons. The van der Waals surface area contributed by atoms with Gasteiger partial charge >= 0.3 is 5.69 Å². The minimum Gasteiger partial charge on any atom is -0.440 e. The van der Waals surface area contributed by atoms with Crippen LogP contribution < -0.4 is 16.0 Å². The molecule has 1 aromatic carbocycles. The highest BCUT2D eigenvalue weighted by atomic mass is 16.5. The fraction of sp³-hybridized carbons (Fsp3) is 0.400. The third-order valence-corrected chi connectivity index (χ3v) is 4.55. The molecule has 1 aliphatic carbocycles. The van der Waals surface area contributed by atoms with Gasteiger partial charge in [-0.05, 0) is 62.3 Å². The van der Waals surface area contributed by atoms with Gasteiger partial charge in [-0.15, -0.1) is 0 Å². The van der Waals surface area contributed by atoms with E-state index in [1.165, 1.54) is 0 Å². The van der Waals surface area contributed by atoms with E-state index >= 15 is 0 Å². The van der Waals surface area contributed by atoms with Crippen molar-refractivity contribution in [2.24, 2.45) is 5.92 Å². The van der Waals surface area contributed by atoms with Gasteiger partial charge in [0, 0.05) is 6.54 Å². The standard InChI is InChI=1S/C20H24N2O3/c1-4-17-18(23)21-20(24)22(12-15-7-5-6-8-15)19(17)25-16-10-13(2)9-14(3)11-16/h5-6,9-11,15H,4,7-8,12H2,1-3H3,(H,21,23,24). The zero-order valence-corrected chi connectivity index (χ0v) is 15.0. The number of nitrogens with one attached hydrogen (secondary N) is 1. The summed E-state index contributed by atoms with van der Waals surface area (Å²) in [5.41, 5.74) is 1.88. The van der Waals surface area contributed by atoms with E-state index < -0.39 is 5.69 Å². The molecule has 0 aliphatic heterocycles. The van der Waals surface area contributed by atoms with Crippen LogP contribution in [0.5, 0.6) is 11.6 Å². The molecule has 0 atom stereocenters. The number of nitrogens with zero attached hydrogens (tertiary/aromatic N) is 1. The molecule has 0 saturated carbocycles. The number of ether oxygens (including phenoxy) is 1. The second-order valence-electron chi connectivity index (χ2n) is 6.74. The molecule has 0 saturated heterocycles. The molecule has 1 aliphatic rings. The second-order valence-corrected chi connectivity index (χ2v) is 6.74. The highest BCUT2D eigenvalue weighted by molar-refractivity contribution is 5.37. The topological polar surface area (TPSA) is 64.1 Å². The lowest BCUT2D eigenvalue weighted by Crippen LogP contribution is -2.34. The van der Waals surface area contributed by atoms with E-state index in [2.05, 4.69) is 23.2 Å². The van der Waals surface area contributed by atoms with Crippen molar-refractivity contribution >= 4 is 0 Å². The fourth-order valence-corrected chi connectivity index (χ4v) is 3.37. The summed E-state index contributed by atoms with van der Waals surface area (Å²) in [6.07, 6.45) is 6.64. The third-order valence-electron chi connectivity index (χ3n) is 4.55. The van der Waals surface area contributed by atoms with Gasteiger partial charge in [0.15, 0.2) is 0 Å². The summed E-state index contributed by atoms with van der Waals surface area (Å²) in [7, 11) is 0. The van der Waals surface area contributed by atoms with Crippen LogP contribution in [-0.4, -0.2) is 9.55 Å². The molecular formula is C20H24N2O3. The molecule has 25 heavy (non-hydrogen) atoms. The largest absolute Gasteiger partial charge is 0.440 e. The van der Waals surface area contributed by atoms with Crippen LogP contribution in [0.25, 0.3) is 0 Å². The lowest BCUT2D eigenvalue weighted by Gasteiger charge is -2.19. The summed E-state index contributed by atoms with van der Waals surface area (Å²) in [6.45, 7) is 6.42. The van der Waals surface area contributed by atoms with E-state index in [1.807, 2.05) is 32.9 Å². The van der Waals surface area contributed by atoms with Crippen LogP contribution in [0.1, 0.15) is 36.5 Å². The van der Waals surface area contributed by atoms with Gasteiger partial charge in [0.25, 0.3) is 5.56 Å². The van der Waals surface area contributed by atoms with Crippen LogP contribution in [0.15, 0.2) is 39.9 Å². The van der Waals surface area contributed by atoms with Gasteiger partial charge in [0.2, 0.25) is 5.88 Å². The first-order chi connectivity index (χ1) is 12.0. The molecule has 5 nitrogen and oxygen atoms in total. The van der Waals surface area contributed by atoms with Crippen molar-refractivity contribution in [3.8, 4) is 11.6 Å². The van der Waals surface area contributed by atoms with Crippen molar-refractivity contribution in [2.45, 2.75) is 46.6 Å². The van der Waals surface area contributed by atoms with Crippen LogP contribution in [-0.2, 0) is 13.0 Å². The van der Waals surface area contributed by atoms with Crippen molar-refractivity contribution < 1.29 is 4.74 Å². The van der Waals surface area contributed by atoms with Gasteiger partial charge in [-0.25, -0.2) is 4.79 Å². The van der Waals surface area contributed by atoms with Crippen LogP contribution in [0, 0.1) is 19.8 Å². The molecule has 0 amide bonds. The zero-order chi connectivity index (χ0) is 18.0. The number of hydrogen-bond donors (Lipinski definition) is 1. The molecule has 1 aromatic heterocycles. The molecule has 1 heterocycles. The third kappa shape index (κ3) is 3.76. The Morgan fingerprint density at radius 3 is 2.36 bits per heavy atom. The van der Waals surface area contributed by atoms with Crippen molar-refractivity contribution in [2.75, 3.05) is 0 Å². The van der Waals surface area contributed by atoms with Crippen LogP contribution >= 0.6 is 0 Å². The van der Waals surface area contributed by atoms with Crippen molar-refractivity contribution in [1.29, 1.82) is 0 Å². The highest BCUT2D eigenvalue weighted by Gasteiger charge is 2.20. The van der Waals surface area contributed by atoms with Gasteiger partial charge in [0.1, 0.15) is 5.75 Å². The Hall–Kier alpha value is -2.56. The average molecular weight is 340 g/mol. The van der Waals surface area contributed by atoms with E-state index in [4.69, 9.17) is 4.74 Å². The summed E-state index contributed by atoms with van der Waals surface area (Å²) < 4.78 is 7.67. The number of aryl methyl sites for hydroxylation is 2. The first-order valence-corrected chi connectivity index (χ1v) is 8.75. The highest BCUT2D eigenvalue weighted by Crippen LogP contribution is 2.27. The van der Waals surface area contributed by atoms with E-state index in [0.717, 1.165) is 24.0 Å². The Balaban J connectivity index is 2.07. The normalized spacial score (nSPS) is 14.2. The number of H-pyrrole nitrogens is 1. The molecule has 2 aromatic rings. The van der Waals surface area contributed by atoms with E-state index in [9.17, 15) is 9.59 Å². The molecule has 0 fully saturated rings. The second kappa shape index (κ2) is 7.13. The maximum atomic E-state index is 12.4. The lowest BCUT2D eigenvalue weighted by molar-refractivity contribution is 0.369. The predicted molar refractivity (Wildman–Crippen MR) is 98.6 cm³/mol. The number of allylic oxidation sites excluding steroid dienone is 2. The van der Waals surface area contributed by atoms with Gasteiger partial charge in [-0.3, -0.25) is 14.3 Å². The van der Waals surface area contributed by atoms with Crippen LogP contribution in [0.3, 0.4) is 0 Å². The first kappa shape index (κ1) is 17.3. The SMILES string of the molecule is CCc1c(Oc2cc(C)cc(C)c2)n(CC2CC=CC2)c(=O)[nH]c1=O. The molecule has 0 unspecified atom stereocenters. The van der Waals surface area contributed by atoms with Crippen molar-refractivity contribution in [1.82, 2.24) is 9.55 Å². The summed E-state index contributed by atoms with van der Waals surface area (Å²) in [4.78, 5) is 27.1. The van der Waals surface area contributed by atoms with Crippen molar-refractivity contribution in [3.63, 3.8) is 0 Å². The maximum absolute atomic E-state index is 12.4. The molecule has 0 radical (unpaired) electrons. The molecule has 0 bridgehead atoms. The Kier molecular flexibility index (Phi) is 4.93.